The summed E-state index contributed by atoms with van der Waals surface area (Å²) in [5.74, 6) is 1.64. The molecule has 6 nitrogen and oxygen atoms in total. The zero-order valence-electron chi connectivity index (χ0n) is 16.9. The first-order valence-corrected chi connectivity index (χ1v) is 9.80. The van der Waals surface area contributed by atoms with E-state index in [4.69, 9.17) is 19.5 Å². The van der Waals surface area contributed by atoms with Gasteiger partial charge in [0, 0.05) is 12.6 Å². The summed E-state index contributed by atoms with van der Waals surface area (Å²) in [6.07, 6.45) is 4.11. The van der Waals surface area contributed by atoms with Gasteiger partial charge in [-0.25, -0.2) is 0 Å². The first kappa shape index (κ1) is 20.5. The fourth-order valence-electron chi connectivity index (χ4n) is 3.66. The number of methoxy groups -OCH3 is 2. The molecule has 1 aliphatic rings. The molecule has 1 atom stereocenters. The Bertz CT molecular complexity index is 873. The predicted octanol–water partition coefficient (Wildman–Crippen LogP) is 4.10. The minimum absolute atomic E-state index is 0.0300. The summed E-state index contributed by atoms with van der Waals surface area (Å²) in [6.45, 7) is 0.637. The van der Waals surface area contributed by atoms with Crippen molar-refractivity contribution in [3.05, 3.63) is 53.6 Å². The lowest BCUT2D eigenvalue weighted by Crippen LogP contribution is -2.38. The molecule has 3 rings (SSSR count). The molecule has 0 N–H and O–H groups in total. The number of amides is 1. The highest BCUT2D eigenvalue weighted by atomic mass is 16.5. The van der Waals surface area contributed by atoms with Crippen LogP contribution >= 0.6 is 0 Å². The number of nitrogens with zero attached hydrogens (tertiary/aromatic N) is 2. The number of likely N-dealkylation sites (tertiary alicyclic amines) is 1. The number of carbonyl (C=O) groups excluding carboxylic acids is 1. The normalized spacial score (nSPS) is 16.4. The summed E-state index contributed by atoms with van der Waals surface area (Å²) in [7, 11) is 3.16. The molecule has 0 radical (unpaired) electrons. The molecule has 1 saturated heterocycles. The molecular formula is C23H26N2O4. The fourth-order valence-corrected chi connectivity index (χ4v) is 3.66. The molecule has 6 heteroatoms. The van der Waals surface area contributed by atoms with Crippen molar-refractivity contribution in [1.29, 1.82) is 5.26 Å². The Morgan fingerprint density at radius 2 is 1.86 bits per heavy atom. The Morgan fingerprint density at radius 1 is 1.07 bits per heavy atom. The van der Waals surface area contributed by atoms with Gasteiger partial charge in [-0.15, -0.1) is 0 Å². The first-order valence-electron chi connectivity index (χ1n) is 9.80. The van der Waals surface area contributed by atoms with Crippen molar-refractivity contribution in [3.8, 4) is 23.3 Å². The van der Waals surface area contributed by atoms with Crippen LogP contribution < -0.4 is 14.2 Å². The van der Waals surface area contributed by atoms with E-state index in [9.17, 15) is 4.79 Å². The van der Waals surface area contributed by atoms with E-state index in [0.29, 0.717) is 23.6 Å². The summed E-state index contributed by atoms with van der Waals surface area (Å²) >= 11 is 0. The van der Waals surface area contributed by atoms with Crippen LogP contribution in [0.4, 0.5) is 0 Å². The maximum Gasteiger partial charge on any atom is 0.261 e. The Morgan fingerprint density at radius 3 is 2.55 bits per heavy atom. The van der Waals surface area contributed by atoms with Crippen molar-refractivity contribution in [2.45, 2.75) is 31.7 Å². The number of hydrogen-bond donors (Lipinski definition) is 0. The van der Waals surface area contributed by atoms with Crippen LogP contribution in [-0.4, -0.2) is 38.2 Å². The van der Waals surface area contributed by atoms with E-state index in [1.807, 2.05) is 29.2 Å². The molecule has 152 valence electrons. The zero-order chi connectivity index (χ0) is 20.6. The highest BCUT2D eigenvalue weighted by molar-refractivity contribution is 5.78. The van der Waals surface area contributed by atoms with Gasteiger partial charge in [-0.3, -0.25) is 4.79 Å². The Balaban J connectivity index is 1.74. The van der Waals surface area contributed by atoms with Gasteiger partial charge >= 0.3 is 0 Å². The standard InChI is InChI=1S/C23H26N2O4/c1-27-19-10-8-18(9-11-19)20-6-4-3-5-13-25(20)23(26)16-29-21-12-7-17(15-24)14-22(21)28-2/h7-12,14,20H,3-6,13,16H2,1-2H3. The van der Waals surface area contributed by atoms with E-state index < -0.39 is 0 Å². The molecule has 0 aliphatic carbocycles. The van der Waals surface area contributed by atoms with E-state index in [-0.39, 0.29) is 18.6 Å². The van der Waals surface area contributed by atoms with E-state index in [1.54, 1.807) is 25.3 Å². The minimum atomic E-state index is -0.0745. The predicted molar refractivity (Wildman–Crippen MR) is 109 cm³/mol. The molecule has 1 amide bonds. The molecule has 1 fully saturated rings. The number of rotatable bonds is 6. The molecule has 1 unspecified atom stereocenters. The number of ether oxygens (including phenoxy) is 3. The SMILES string of the molecule is COc1ccc(C2CCCCCN2C(=O)COc2ccc(C#N)cc2OC)cc1. The van der Waals surface area contributed by atoms with Crippen molar-refractivity contribution in [2.24, 2.45) is 0 Å². The second-order valence-electron chi connectivity index (χ2n) is 6.99. The van der Waals surface area contributed by atoms with Crippen LogP contribution in [0, 0.1) is 11.3 Å². The maximum absolute atomic E-state index is 13.0. The van der Waals surface area contributed by atoms with E-state index in [1.165, 1.54) is 7.11 Å². The average Bonchev–Trinajstić information content (AvgIpc) is 3.03. The van der Waals surface area contributed by atoms with Gasteiger partial charge in [0.25, 0.3) is 5.91 Å². The van der Waals surface area contributed by atoms with Gasteiger partial charge in [-0.2, -0.15) is 5.26 Å². The second-order valence-corrected chi connectivity index (χ2v) is 6.99. The number of benzene rings is 2. The van der Waals surface area contributed by atoms with Crippen LogP contribution in [0.5, 0.6) is 17.2 Å². The number of nitriles is 1. The Hall–Kier alpha value is -3.20. The highest BCUT2D eigenvalue weighted by Gasteiger charge is 2.27. The van der Waals surface area contributed by atoms with Crippen LogP contribution in [0.2, 0.25) is 0 Å². The quantitative estimate of drug-likeness (QED) is 0.738. The maximum atomic E-state index is 13.0. The zero-order valence-corrected chi connectivity index (χ0v) is 16.9. The molecule has 0 aromatic heterocycles. The van der Waals surface area contributed by atoms with Crippen molar-refractivity contribution < 1.29 is 19.0 Å². The summed E-state index contributed by atoms with van der Waals surface area (Å²) < 4.78 is 16.3. The molecule has 29 heavy (non-hydrogen) atoms. The smallest absolute Gasteiger partial charge is 0.261 e. The van der Waals surface area contributed by atoms with Crippen molar-refractivity contribution in [3.63, 3.8) is 0 Å². The second kappa shape index (κ2) is 9.83. The third kappa shape index (κ3) is 5.00. The summed E-state index contributed by atoms with van der Waals surface area (Å²) in [5, 5.41) is 9.02. The lowest BCUT2D eigenvalue weighted by Gasteiger charge is -2.30. The van der Waals surface area contributed by atoms with Crippen LogP contribution in [0.25, 0.3) is 0 Å². The van der Waals surface area contributed by atoms with Crippen LogP contribution in [0.3, 0.4) is 0 Å². The molecule has 0 bridgehead atoms. The topological polar surface area (TPSA) is 71.8 Å². The Kier molecular flexibility index (Phi) is 6.96. The third-order valence-corrected chi connectivity index (χ3v) is 5.22. The lowest BCUT2D eigenvalue weighted by molar-refractivity contribution is -0.135. The summed E-state index contributed by atoms with van der Waals surface area (Å²) in [5.41, 5.74) is 1.59. The molecule has 2 aromatic carbocycles. The lowest BCUT2D eigenvalue weighted by atomic mass is 10.0. The average molecular weight is 394 g/mol. The van der Waals surface area contributed by atoms with Crippen LogP contribution in [0.1, 0.15) is 42.9 Å². The minimum Gasteiger partial charge on any atom is -0.497 e. The van der Waals surface area contributed by atoms with E-state index in [0.717, 1.165) is 37.0 Å². The van der Waals surface area contributed by atoms with Gasteiger partial charge < -0.3 is 19.1 Å². The number of hydrogen-bond acceptors (Lipinski definition) is 5. The summed E-state index contributed by atoms with van der Waals surface area (Å²) in [4.78, 5) is 15.0. The van der Waals surface area contributed by atoms with Crippen molar-refractivity contribution in [1.82, 2.24) is 4.90 Å². The Labute approximate surface area is 171 Å². The highest BCUT2D eigenvalue weighted by Crippen LogP contribution is 2.32. The van der Waals surface area contributed by atoms with Crippen molar-refractivity contribution in [2.75, 3.05) is 27.4 Å². The van der Waals surface area contributed by atoms with Crippen LogP contribution in [0.15, 0.2) is 42.5 Å². The first-order chi connectivity index (χ1) is 14.2. The van der Waals surface area contributed by atoms with Gasteiger partial charge in [-0.05, 0) is 42.7 Å². The van der Waals surface area contributed by atoms with Gasteiger partial charge in [0.05, 0.1) is 31.9 Å². The van der Waals surface area contributed by atoms with Gasteiger partial charge in [0.15, 0.2) is 18.1 Å². The third-order valence-electron chi connectivity index (χ3n) is 5.22. The van der Waals surface area contributed by atoms with Gasteiger partial charge in [0.2, 0.25) is 0 Å². The largest absolute Gasteiger partial charge is 0.497 e. The number of carbonyl (C=O) groups is 1. The van der Waals surface area contributed by atoms with Crippen LogP contribution in [-0.2, 0) is 4.79 Å². The molecular weight excluding hydrogens is 368 g/mol. The molecule has 2 aromatic rings. The monoisotopic (exact) mass is 394 g/mol. The molecule has 1 aliphatic heterocycles. The van der Waals surface area contributed by atoms with Gasteiger partial charge in [0.1, 0.15) is 5.75 Å². The van der Waals surface area contributed by atoms with E-state index in [2.05, 4.69) is 6.07 Å². The molecule has 0 saturated carbocycles. The fraction of sp³-hybridized carbons (Fsp3) is 0.391. The molecule has 1 heterocycles. The van der Waals surface area contributed by atoms with E-state index >= 15 is 0 Å². The molecule has 0 spiro atoms. The van der Waals surface area contributed by atoms with Crippen molar-refractivity contribution >= 4 is 5.91 Å². The van der Waals surface area contributed by atoms with Gasteiger partial charge in [-0.1, -0.05) is 25.0 Å². The summed E-state index contributed by atoms with van der Waals surface area (Å²) in [6, 6.07) is 14.9.